The predicted molar refractivity (Wildman–Crippen MR) is 85.5 cm³/mol. The van der Waals surface area contributed by atoms with Gasteiger partial charge < -0.3 is 4.98 Å². The smallest absolute Gasteiger partial charge is 0.182 e. The van der Waals surface area contributed by atoms with Gasteiger partial charge in [0, 0.05) is 21.7 Å². The van der Waals surface area contributed by atoms with Gasteiger partial charge in [-0.25, -0.2) is 0 Å². The van der Waals surface area contributed by atoms with E-state index in [4.69, 9.17) is 12.2 Å². The van der Waals surface area contributed by atoms with E-state index in [1.165, 1.54) is 16.5 Å². The Kier molecular flexibility index (Phi) is 3.29. The topological polar surface area (TPSA) is 20.7 Å². The number of aryl methyl sites for hydroxylation is 1. The summed E-state index contributed by atoms with van der Waals surface area (Å²) in [6.45, 7) is 2.13. The van der Waals surface area contributed by atoms with Crippen LogP contribution in [-0.2, 0) is 6.42 Å². The van der Waals surface area contributed by atoms with Crippen molar-refractivity contribution in [3.05, 3.63) is 57.5 Å². The largest absolute Gasteiger partial charge is 0.337 e. The van der Waals surface area contributed by atoms with Crippen LogP contribution in [0.1, 0.15) is 12.6 Å². The van der Waals surface area contributed by atoms with Crippen LogP contribution in [0.15, 0.2) is 47.1 Å². The molecule has 19 heavy (non-hydrogen) atoms. The molecule has 0 saturated carbocycles. The number of imidazole rings is 1. The number of benzene rings is 2. The van der Waals surface area contributed by atoms with Crippen LogP contribution < -0.4 is 0 Å². The molecular formula is C15H13BrN2S. The number of nitrogens with one attached hydrogen (secondary N) is 1. The maximum absolute atomic E-state index is 5.41. The molecule has 3 aromatic rings. The highest BCUT2D eigenvalue weighted by Gasteiger charge is 2.09. The summed E-state index contributed by atoms with van der Waals surface area (Å²) in [5, 5.41) is 2.40. The van der Waals surface area contributed by atoms with Crippen LogP contribution in [0.3, 0.4) is 0 Å². The van der Waals surface area contributed by atoms with Crippen LogP contribution >= 0.6 is 28.1 Å². The zero-order chi connectivity index (χ0) is 13.4. The maximum atomic E-state index is 5.41. The number of aromatic nitrogens is 2. The number of H-pyrrole nitrogens is 1. The standard InChI is InChI=1S/C15H13BrN2S/c1-2-10-9-17-15(19)18(10)14-8-7-13(16)11-5-3-4-6-12(11)14/h3-9H,2H2,1H3,(H,17,19). The van der Waals surface area contributed by atoms with E-state index in [1.807, 2.05) is 12.3 Å². The number of hydrogen-bond acceptors (Lipinski definition) is 1. The van der Waals surface area contributed by atoms with Crippen LogP contribution in [0.25, 0.3) is 16.5 Å². The first-order valence-electron chi connectivity index (χ1n) is 6.19. The minimum Gasteiger partial charge on any atom is -0.337 e. The van der Waals surface area contributed by atoms with Crippen LogP contribution in [0, 0.1) is 4.77 Å². The molecule has 3 rings (SSSR count). The summed E-state index contributed by atoms with van der Waals surface area (Å²) in [6.07, 6.45) is 2.93. The molecule has 2 aromatic carbocycles. The lowest BCUT2D eigenvalue weighted by Gasteiger charge is -2.11. The molecule has 0 unspecified atom stereocenters. The Morgan fingerprint density at radius 1 is 1.16 bits per heavy atom. The maximum Gasteiger partial charge on any atom is 0.182 e. The first kappa shape index (κ1) is 12.6. The zero-order valence-electron chi connectivity index (χ0n) is 10.5. The molecule has 0 spiro atoms. The van der Waals surface area contributed by atoms with Crippen LogP contribution in [0.4, 0.5) is 0 Å². The number of fused-ring (bicyclic) bond motifs is 1. The number of nitrogens with zero attached hydrogens (tertiary/aromatic N) is 1. The molecule has 1 aromatic heterocycles. The quantitative estimate of drug-likeness (QED) is 0.654. The third-order valence-corrected chi connectivity index (χ3v) is 4.30. The fraction of sp³-hybridized carbons (Fsp3) is 0.133. The number of rotatable bonds is 2. The molecule has 0 bridgehead atoms. The molecule has 0 atom stereocenters. The van der Waals surface area contributed by atoms with Gasteiger partial charge in [-0.15, -0.1) is 0 Å². The second kappa shape index (κ2) is 4.94. The average Bonchev–Trinajstić information content (AvgIpc) is 2.81. The van der Waals surface area contributed by atoms with E-state index in [0.29, 0.717) is 0 Å². The average molecular weight is 333 g/mol. The fourth-order valence-corrected chi connectivity index (χ4v) is 3.12. The minimum absolute atomic E-state index is 0.740. The highest BCUT2D eigenvalue weighted by Crippen LogP contribution is 2.30. The second-order valence-electron chi connectivity index (χ2n) is 4.39. The number of hydrogen-bond donors (Lipinski definition) is 1. The van der Waals surface area contributed by atoms with Crippen molar-refractivity contribution < 1.29 is 0 Å². The van der Waals surface area contributed by atoms with Crippen LogP contribution in [-0.4, -0.2) is 9.55 Å². The summed E-state index contributed by atoms with van der Waals surface area (Å²) in [5.41, 5.74) is 2.32. The summed E-state index contributed by atoms with van der Waals surface area (Å²) in [4.78, 5) is 3.13. The van der Waals surface area contributed by atoms with Gasteiger partial charge in [-0.3, -0.25) is 4.57 Å². The Morgan fingerprint density at radius 3 is 2.63 bits per heavy atom. The van der Waals surface area contributed by atoms with Gasteiger partial charge in [-0.1, -0.05) is 47.1 Å². The third kappa shape index (κ3) is 2.05. The molecule has 0 aliphatic rings. The normalized spacial score (nSPS) is 11.1. The molecule has 1 heterocycles. The van der Waals surface area contributed by atoms with E-state index >= 15 is 0 Å². The fourth-order valence-electron chi connectivity index (χ4n) is 2.37. The van der Waals surface area contributed by atoms with Crippen molar-refractivity contribution in [2.45, 2.75) is 13.3 Å². The summed E-state index contributed by atoms with van der Waals surface area (Å²) in [7, 11) is 0. The third-order valence-electron chi connectivity index (χ3n) is 3.30. The molecule has 0 saturated heterocycles. The van der Waals surface area contributed by atoms with E-state index < -0.39 is 0 Å². The summed E-state index contributed by atoms with van der Waals surface area (Å²) < 4.78 is 3.96. The number of halogens is 1. The molecule has 0 amide bonds. The molecule has 0 radical (unpaired) electrons. The van der Waals surface area contributed by atoms with Gasteiger partial charge in [0.15, 0.2) is 4.77 Å². The van der Waals surface area contributed by atoms with E-state index in [-0.39, 0.29) is 0 Å². The SMILES string of the molecule is CCc1c[nH]c(=S)n1-c1ccc(Br)c2ccccc12. The zero-order valence-corrected chi connectivity index (χ0v) is 12.9. The number of aromatic amines is 1. The first-order chi connectivity index (χ1) is 9.22. The Labute approximate surface area is 125 Å². The molecular weight excluding hydrogens is 320 g/mol. The molecule has 4 heteroatoms. The molecule has 0 aliphatic heterocycles. The van der Waals surface area contributed by atoms with Gasteiger partial charge in [-0.2, -0.15) is 0 Å². The molecule has 1 N–H and O–H groups in total. The Morgan fingerprint density at radius 2 is 1.89 bits per heavy atom. The molecule has 96 valence electrons. The molecule has 0 fully saturated rings. The molecule has 0 aliphatic carbocycles. The van der Waals surface area contributed by atoms with Crippen LogP contribution in [0.5, 0.6) is 0 Å². The van der Waals surface area contributed by atoms with Gasteiger partial charge in [-0.05, 0) is 36.2 Å². The lowest BCUT2D eigenvalue weighted by molar-refractivity contribution is 0.928. The van der Waals surface area contributed by atoms with Gasteiger partial charge in [0.2, 0.25) is 0 Å². The highest BCUT2D eigenvalue weighted by molar-refractivity contribution is 9.10. The lowest BCUT2D eigenvalue weighted by atomic mass is 10.1. The van der Waals surface area contributed by atoms with E-state index in [0.717, 1.165) is 21.4 Å². The van der Waals surface area contributed by atoms with E-state index in [1.54, 1.807) is 0 Å². The van der Waals surface area contributed by atoms with Crippen LogP contribution in [0.2, 0.25) is 0 Å². The van der Waals surface area contributed by atoms with Crippen molar-refractivity contribution in [2.75, 3.05) is 0 Å². The summed E-state index contributed by atoms with van der Waals surface area (Å²) >= 11 is 9.02. The Bertz CT molecular complexity index is 801. The van der Waals surface area contributed by atoms with Crippen molar-refractivity contribution in [2.24, 2.45) is 0 Å². The van der Waals surface area contributed by atoms with E-state index in [9.17, 15) is 0 Å². The first-order valence-corrected chi connectivity index (χ1v) is 7.39. The summed E-state index contributed by atoms with van der Waals surface area (Å²) in [6, 6.07) is 12.5. The second-order valence-corrected chi connectivity index (χ2v) is 5.63. The van der Waals surface area contributed by atoms with Gasteiger partial charge >= 0.3 is 0 Å². The Hall–Kier alpha value is -1.39. The van der Waals surface area contributed by atoms with Crippen molar-refractivity contribution in [1.29, 1.82) is 0 Å². The van der Waals surface area contributed by atoms with Gasteiger partial charge in [0.1, 0.15) is 0 Å². The van der Waals surface area contributed by atoms with Crippen molar-refractivity contribution in [3.8, 4) is 5.69 Å². The summed E-state index contributed by atoms with van der Waals surface area (Å²) in [5.74, 6) is 0. The minimum atomic E-state index is 0.740. The Balaban J connectivity index is 2.41. The van der Waals surface area contributed by atoms with Gasteiger partial charge in [0.05, 0.1) is 5.69 Å². The van der Waals surface area contributed by atoms with E-state index in [2.05, 4.69) is 62.7 Å². The lowest BCUT2D eigenvalue weighted by Crippen LogP contribution is -2.00. The highest BCUT2D eigenvalue weighted by atomic mass is 79.9. The molecule has 2 nitrogen and oxygen atoms in total. The predicted octanol–water partition coefficient (Wildman–Crippen LogP) is 5.01. The monoisotopic (exact) mass is 332 g/mol. The van der Waals surface area contributed by atoms with Gasteiger partial charge in [0.25, 0.3) is 0 Å². The van der Waals surface area contributed by atoms with Crippen molar-refractivity contribution in [1.82, 2.24) is 9.55 Å². The van der Waals surface area contributed by atoms with Crippen molar-refractivity contribution >= 4 is 38.9 Å². The van der Waals surface area contributed by atoms with Crippen molar-refractivity contribution in [3.63, 3.8) is 0 Å².